The lowest BCUT2D eigenvalue weighted by Gasteiger charge is -2.45. The number of esters is 2. The summed E-state index contributed by atoms with van der Waals surface area (Å²) in [6, 6.07) is 6.55. The summed E-state index contributed by atoms with van der Waals surface area (Å²) in [6.45, 7) is 3.07. The third-order valence-corrected chi connectivity index (χ3v) is 9.00. The molecule has 2 aliphatic heterocycles. The highest BCUT2D eigenvalue weighted by Gasteiger charge is 2.64. The monoisotopic (exact) mass is 638 g/mol. The molecule has 14 nitrogen and oxygen atoms in total. The fourth-order valence-electron chi connectivity index (χ4n) is 6.77. The van der Waals surface area contributed by atoms with Gasteiger partial charge in [0.2, 0.25) is 0 Å². The van der Waals surface area contributed by atoms with Crippen LogP contribution in [0.15, 0.2) is 41.5 Å². The molecule has 14 heteroatoms. The largest absolute Gasteiger partial charge is 0.506 e. The number of methoxy groups -OCH3 is 2. The minimum atomic E-state index is -2.40. The number of aromatic hydroxyl groups is 1. The van der Waals surface area contributed by atoms with Crippen molar-refractivity contribution < 1.29 is 68.4 Å². The fourth-order valence-corrected chi connectivity index (χ4v) is 6.77. The van der Waals surface area contributed by atoms with Crippen LogP contribution in [0.1, 0.15) is 37.8 Å². The van der Waals surface area contributed by atoms with Crippen molar-refractivity contribution in [3.05, 3.63) is 52.6 Å². The number of hydrogen-bond donors (Lipinski definition) is 5. The summed E-state index contributed by atoms with van der Waals surface area (Å²) in [5.41, 5.74) is -6.49. The summed E-state index contributed by atoms with van der Waals surface area (Å²) in [5, 5.41) is 56.2. The molecule has 0 spiro atoms. The molecule has 2 saturated carbocycles. The SMILES string of the molecule is COC(=O)[C@@]12Oc3ccc(Oc4cccc5c4C(O)=C4C(=O)C[C@H](C)[C@H](O)[C@]4(C(=O)OC)O5)c(O)c3C(O)=C1C(=O)C[C@H](C)[C@H]2O. The maximum atomic E-state index is 13.2. The van der Waals surface area contributed by atoms with E-state index in [1.807, 2.05) is 0 Å². The number of carbonyl (C=O) groups is 4. The number of carbonyl (C=O) groups excluding carboxylic acids is 4. The van der Waals surface area contributed by atoms with Gasteiger partial charge < -0.3 is 49.2 Å². The second-order valence-corrected chi connectivity index (χ2v) is 11.7. The van der Waals surface area contributed by atoms with Crippen LogP contribution in [0.5, 0.6) is 28.7 Å². The van der Waals surface area contributed by atoms with E-state index in [0.29, 0.717) is 0 Å². The van der Waals surface area contributed by atoms with E-state index in [4.69, 9.17) is 23.7 Å². The third-order valence-electron chi connectivity index (χ3n) is 9.00. The first-order valence-electron chi connectivity index (χ1n) is 14.3. The van der Waals surface area contributed by atoms with Crippen LogP contribution in [0.3, 0.4) is 0 Å². The zero-order valence-corrected chi connectivity index (χ0v) is 25.0. The first kappa shape index (κ1) is 30.9. The molecule has 0 amide bonds. The van der Waals surface area contributed by atoms with Crippen molar-refractivity contribution in [2.24, 2.45) is 11.8 Å². The van der Waals surface area contributed by atoms with Gasteiger partial charge in [-0.1, -0.05) is 19.9 Å². The van der Waals surface area contributed by atoms with Crippen LogP contribution in [0, 0.1) is 11.8 Å². The van der Waals surface area contributed by atoms with Gasteiger partial charge in [-0.3, -0.25) is 9.59 Å². The Bertz CT molecular complexity index is 1790. The first-order chi connectivity index (χ1) is 21.8. The van der Waals surface area contributed by atoms with Gasteiger partial charge in [-0.2, -0.15) is 0 Å². The maximum Gasteiger partial charge on any atom is 0.358 e. The Morgan fingerprint density at radius 3 is 1.72 bits per heavy atom. The highest BCUT2D eigenvalue weighted by atomic mass is 16.6. The summed E-state index contributed by atoms with van der Waals surface area (Å²) < 4.78 is 27.5. The van der Waals surface area contributed by atoms with E-state index in [-0.39, 0.29) is 41.4 Å². The Labute approximate surface area is 261 Å². The molecular formula is C32H30O14. The lowest BCUT2D eigenvalue weighted by Crippen LogP contribution is -2.64. The number of aliphatic hydroxyl groups is 4. The molecule has 6 atom stereocenters. The first-order valence-corrected chi connectivity index (χ1v) is 14.3. The highest BCUT2D eigenvalue weighted by Crippen LogP contribution is 2.54. The van der Waals surface area contributed by atoms with Gasteiger partial charge in [0, 0.05) is 12.8 Å². The molecule has 6 rings (SSSR count). The van der Waals surface area contributed by atoms with Crippen LogP contribution in [0.25, 0.3) is 11.5 Å². The molecule has 5 N–H and O–H groups in total. The number of fused-ring (bicyclic) bond motifs is 4. The number of aliphatic hydroxyl groups excluding tert-OH is 4. The zero-order valence-electron chi connectivity index (χ0n) is 25.0. The lowest BCUT2D eigenvalue weighted by molar-refractivity contribution is -0.173. The molecule has 0 bridgehead atoms. The van der Waals surface area contributed by atoms with Crippen molar-refractivity contribution in [3.8, 4) is 28.7 Å². The van der Waals surface area contributed by atoms with E-state index in [0.717, 1.165) is 14.2 Å². The number of hydrogen-bond acceptors (Lipinski definition) is 14. The van der Waals surface area contributed by atoms with Crippen molar-refractivity contribution in [1.82, 2.24) is 0 Å². The smallest absolute Gasteiger partial charge is 0.358 e. The number of phenols is 1. The number of ketones is 2. The molecule has 46 heavy (non-hydrogen) atoms. The van der Waals surface area contributed by atoms with Crippen molar-refractivity contribution in [3.63, 3.8) is 0 Å². The summed E-state index contributed by atoms with van der Waals surface area (Å²) in [4.78, 5) is 52.4. The van der Waals surface area contributed by atoms with Gasteiger partial charge in [-0.05, 0) is 36.1 Å². The van der Waals surface area contributed by atoms with Gasteiger partial charge >= 0.3 is 11.9 Å². The minimum absolute atomic E-state index is 0.158. The van der Waals surface area contributed by atoms with E-state index in [9.17, 15) is 44.7 Å². The number of ether oxygens (including phenoxy) is 5. The third kappa shape index (κ3) is 3.89. The average Bonchev–Trinajstić information content (AvgIpc) is 3.02. The number of phenolic OH excluding ortho intramolecular Hbond substituents is 1. The number of benzene rings is 2. The van der Waals surface area contributed by atoms with E-state index < -0.39 is 92.7 Å². The molecule has 0 unspecified atom stereocenters. The molecule has 2 aromatic rings. The van der Waals surface area contributed by atoms with E-state index in [2.05, 4.69) is 0 Å². The van der Waals surface area contributed by atoms with Crippen LogP contribution in [-0.4, -0.2) is 86.7 Å². The highest BCUT2D eigenvalue weighted by molar-refractivity contribution is 6.13. The predicted octanol–water partition coefficient (Wildman–Crippen LogP) is 2.27. The second kappa shape index (κ2) is 10.5. The van der Waals surface area contributed by atoms with Gasteiger partial charge in [-0.15, -0.1) is 0 Å². The maximum absolute atomic E-state index is 13.2. The Kier molecular flexibility index (Phi) is 7.05. The van der Waals surface area contributed by atoms with Crippen LogP contribution in [-0.2, 0) is 28.7 Å². The van der Waals surface area contributed by atoms with E-state index in [1.54, 1.807) is 6.92 Å². The van der Waals surface area contributed by atoms with E-state index in [1.165, 1.54) is 37.3 Å². The summed E-state index contributed by atoms with van der Waals surface area (Å²) in [7, 11) is 2.08. The Hall–Kier alpha value is -5.08. The van der Waals surface area contributed by atoms with Crippen LogP contribution in [0.4, 0.5) is 0 Å². The number of Topliss-reactive ketones (excluding diaryl/α,β-unsaturated/α-hetero) is 2. The molecule has 0 saturated heterocycles. The van der Waals surface area contributed by atoms with Crippen molar-refractivity contribution in [2.45, 2.75) is 50.1 Å². The molecule has 4 aliphatic rings. The predicted molar refractivity (Wildman–Crippen MR) is 154 cm³/mol. The quantitative estimate of drug-likeness (QED) is 0.304. The Balaban J connectivity index is 1.48. The summed E-state index contributed by atoms with van der Waals surface area (Å²) in [5.74, 6) is -8.35. The Morgan fingerprint density at radius 2 is 1.22 bits per heavy atom. The lowest BCUT2D eigenvalue weighted by atomic mass is 9.69. The summed E-state index contributed by atoms with van der Waals surface area (Å²) >= 11 is 0. The van der Waals surface area contributed by atoms with Crippen LogP contribution >= 0.6 is 0 Å². The van der Waals surface area contributed by atoms with E-state index >= 15 is 0 Å². The normalized spacial score (nSPS) is 29.8. The van der Waals surface area contributed by atoms with Gasteiger partial charge in [-0.25, -0.2) is 9.59 Å². The molecule has 242 valence electrons. The molecule has 0 aromatic heterocycles. The number of rotatable bonds is 4. The van der Waals surface area contributed by atoms with Gasteiger partial charge in [0.05, 0.1) is 25.4 Å². The van der Waals surface area contributed by atoms with Gasteiger partial charge in [0.15, 0.2) is 23.1 Å². The molecule has 2 aromatic carbocycles. The summed E-state index contributed by atoms with van der Waals surface area (Å²) in [6.07, 6.45) is -3.60. The molecule has 2 fully saturated rings. The van der Waals surface area contributed by atoms with Gasteiger partial charge in [0.25, 0.3) is 11.2 Å². The van der Waals surface area contributed by atoms with Gasteiger partial charge in [0.1, 0.15) is 52.1 Å². The Morgan fingerprint density at radius 1 is 0.739 bits per heavy atom. The second-order valence-electron chi connectivity index (χ2n) is 11.7. The molecule has 2 heterocycles. The minimum Gasteiger partial charge on any atom is -0.506 e. The average molecular weight is 639 g/mol. The standard InChI is InChI=1S/C32H30O14/c1-12-10-14(33)22-25(36)20-16(6-5-7-17(20)45-31(22,27(12)38)29(40)42-3)44-19-9-8-18-21(24(19)35)26(37)23-15(34)11-13(2)28(39)32(23,46-18)30(41)43-4/h5-9,12-13,27-28,35-39H,10-11H2,1-4H3/t12-,13-,27-,28+,31+,32+/m0/s1. The van der Waals surface area contributed by atoms with Crippen LogP contribution in [0.2, 0.25) is 0 Å². The van der Waals surface area contributed by atoms with Crippen molar-refractivity contribution >= 4 is 35.0 Å². The zero-order chi connectivity index (χ0) is 33.5. The van der Waals surface area contributed by atoms with Crippen molar-refractivity contribution in [2.75, 3.05) is 14.2 Å². The topological polar surface area (TPSA) is 216 Å². The fraction of sp³-hybridized carbons (Fsp3) is 0.375. The molecule has 0 radical (unpaired) electrons. The molecular weight excluding hydrogens is 608 g/mol. The van der Waals surface area contributed by atoms with Crippen LogP contribution < -0.4 is 14.2 Å². The van der Waals surface area contributed by atoms with Crippen molar-refractivity contribution in [1.29, 1.82) is 0 Å². The molecule has 2 aliphatic carbocycles.